The van der Waals surface area contributed by atoms with Crippen molar-refractivity contribution in [2.45, 2.75) is 0 Å². The molecule has 0 aliphatic heterocycles. The molecule has 0 aromatic carbocycles. The van der Waals surface area contributed by atoms with E-state index in [-0.39, 0.29) is 0 Å². The van der Waals surface area contributed by atoms with Crippen molar-refractivity contribution in [3.63, 3.8) is 0 Å². The normalized spacial score (nSPS) is 9.92. The summed E-state index contributed by atoms with van der Waals surface area (Å²) in [6, 6.07) is 4.70. The van der Waals surface area contributed by atoms with Gasteiger partial charge >= 0.3 is 0 Å². The topological polar surface area (TPSA) is 42.1 Å². The Kier molecular flexibility index (Phi) is 2.99. The highest BCUT2D eigenvalue weighted by molar-refractivity contribution is 5.36. The number of halogens is 1. The lowest BCUT2D eigenvalue weighted by molar-refractivity contribution is 0.582. The van der Waals surface area contributed by atoms with Gasteiger partial charge in [0.15, 0.2) is 0 Å². The van der Waals surface area contributed by atoms with E-state index in [2.05, 4.69) is 4.98 Å². The monoisotopic (exact) mass is 169 g/mol. The van der Waals surface area contributed by atoms with Crippen LogP contribution in [0.1, 0.15) is 0 Å². The molecule has 0 saturated carbocycles. The largest absolute Gasteiger partial charge is 0.358 e. The minimum absolute atomic E-state index is 0.462. The van der Waals surface area contributed by atoms with Crippen LogP contribution in [0.2, 0.25) is 0 Å². The van der Waals surface area contributed by atoms with Crippen molar-refractivity contribution in [1.29, 1.82) is 0 Å². The van der Waals surface area contributed by atoms with E-state index in [0.717, 1.165) is 0 Å². The first-order chi connectivity index (χ1) is 5.74. The molecule has 0 unspecified atom stereocenters. The maximum atomic E-state index is 12.6. The van der Waals surface area contributed by atoms with Crippen LogP contribution in [0.5, 0.6) is 0 Å². The van der Waals surface area contributed by atoms with Crippen molar-refractivity contribution < 1.29 is 4.39 Å². The van der Waals surface area contributed by atoms with Gasteiger partial charge in [-0.1, -0.05) is 6.07 Å². The summed E-state index contributed by atoms with van der Waals surface area (Å²) >= 11 is 0. The third-order valence-corrected chi connectivity index (χ3v) is 1.56. The van der Waals surface area contributed by atoms with Gasteiger partial charge in [0.25, 0.3) is 0 Å². The van der Waals surface area contributed by atoms with E-state index in [4.69, 9.17) is 5.73 Å². The summed E-state index contributed by atoms with van der Waals surface area (Å²) in [6.45, 7) is 1.21. The predicted octanol–water partition coefficient (Wildman–Crippen LogP) is 0.616. The second kappa shape index (κ2) is 4.01. The molecule has 66 valence electrons. The highest BCUT2D eigenvalue weighted by Gasteiger charge is 2.00. The predicted molar refractivity (Wildman–Crippen MR) is 46.5 cm³/mol. The van der Waals surface area contributed by atoms with Crippen LogP contribution in [0, 0.1) is 5.95 Å². The molecular formula is C8H12FN3. The quantitative estimate of drug-likeness (QED) is 0.674. The van der Waals surface area contributed by atoms with Crippen LogP contribution in [-0.2, 0) is 0 Å². The summed E-state index contributed by atoms with van der Waals surface area (Å²) < 4.78 is 12.6. The number of hydrogen-bond donors (Lipinski definition) is 1. The third kappa shape index (κ3) is 2.17. The van der Waals surface area contributed by atoms with Crippen molar-refractivity contribution in [2.24, 2.45) is 5.73 Å². The number of pyridine rings is 1. The zero-order valence-corrected chi connectivity index (χ0v) is 7.00. The Labute approximate surface area is 71.0 Å². The highest BCUT2D eigenvalue weighted by atomic mass is 19.1. The van der Waals surface area contributed by atoms with E-state index < -0.39 is 5.95 Å². The molecule has 1 rings (SSSR count). The number of anilines is 1. The average Bonchev–Trinajstić information content (AvgIpc) is 2.05. The van der Waals surface area contributed by atoms with E-state index in [1.165, 1.54) is 6.07 Å². The van der Waals surface area contributed by atoms with Gasteiger partial charge in [-0.05, 0) is 12.1 Å². The van der Waals surface area contributed by atoms with Gasteiger partial charge in [-0.3, -0.25) is 0 Å². The molecule has 3 nitrogen and oxygen atoms in total. The lowest BCUT2D eigenvalue weighted by Gasteiger charge is -2.16. The molecule has 4 heteroatoms. The first-order valence-electron chi connectivity index (χ1n) is 3.78. The van der Waals surface area contributed by atoms with E-state index >= 15 is 0 Å². The second-order valence-electron chi connectivity index (χ2n) is 2.53. The molecule has 1 heterocycles. The van der Waals surface area contributed by atoms with Gasteiger partial charge in [0.1, 0.15) is 5.82 Å². The van der Waals surface area contributed by atoms with Crippen molar-refractivity contribution in [3.8, 4) is 0 Å². The van der Waals surface area contributed by atoms with E-state index in [1.54, 1.807) is 12.1 Å². The Balaban J connectivity index is 2.73. The van der Waals surface area contributed by atoms with E-state index in [1.807, 2.05) is 11.9 Å². The Morgan fingerprint density at radius 2 is 2.33 bits per heavy atom. The minimum atomic E-state index is -0.462. The van der Waals surface area contributed by atoms with Crippen LogP contribution in [0.3, 0.4) is 0 Å². The molecule has 0 aliphatic rings. The lowest BCUT2D eigenvalue weighted by atomic mass is 10.4. The molecule has 0 amide bonds. The molecule has 0 atom stereocenters. The van der Waals surface area contributed by atoms with Crippen LogP contribution in [-0.4, -0.2) is 25.1 Å². The van der Waals surface area contributed by atoms with Crippen molar-refractivity contribution in [2.75, 3.05) is 25.0 Å². The number of hydrogen-bond acceptors (Lipinski definition) is 3. The number of rotatable bonds is 3. The van der Waals surface area contributed by atoms with Crippen molar-refractivity contribution >= 4 is 5.82 Å². The summed E-state index contributed by atoms with van der Waals surface area (Å²) in [5.74, 6) is 0.150. The molecule has 12 heavy (non-hydrogen) atoms. The van der Waals surface area contributed by atoms with Crippen LogP contribution in [0.15, 0.2) is 18.2 Å². The van der Waals surface area contributed by atoms with Crippen molar-refractivity contribution in [3.05, 3.63) is 24.1 Å². The first-order valence-corrected chi connectivity index (χ1v) is 3.78. The maximum absolute atomic E-state index is 12.6. The number of nitrogens with two attached hydrogens (primary N) is 1. The molecule has 0 bridgehead atoms. The number of likely N-dealkylation sites (N-methyl/N-ethyl adjacent to an activating group) is 1. The summed E-state index contributed by atoms with van der Waals surface area (Å²) in [4.78, 5) is 5.50. The van der Waals surface area contributed by atoms with Gasteiger partial charge in [-0.2, -0.15) is 4.39 Å². The summed E-state index contributed by atoms with van der Waals surface area (Å²) in [6.07, 6.45) is 0. The summed E-state index contributed by atoms with van der Waals surface area (Å²) in [5.41, 5.74) is 5.34. The van der Waals surface area contributed by atoms with Crippen LogP contribution >= 0.6 is 0 Å². The van der Waals surface area contributed by atoms with Crippen LogP contribution < -0.4 is 10.6 Å². The standard InChI is InChI=1S/C8H12FN3/c1-12(6-5-10)8-4-2-3-7(9)11-8/h2-4H,5-6,10H2,1H3. The molecule has 1 aromatic heterocycles. The van der Waals surface area contributed by atoms with E-state index in [0.29, 0.717) is 18.9 Å². The van der Waals surface area contributed by atoms with Gasteiger partial charge in [-0.15, -0.1) is 0 Å². The number of aromatic nitrogens is 1. The van der Waals surface area contributed by atoms with Crippen LogP contribution in [0.25, 0.3) is 0 Å². The van der Waals surface area contributed by atoms with Gasteiger partial charge in [-0.25, -0.2) is 4.98 Å². The molecule has 0 radical (unpaired) electrons. The lowest BCUT2D eigenvalue weighted by Crippen LogP contribution is -2.25. The van der Waals surface area contributed by atoms with Gasteiger partial charge in [0.05, 0.1) is 0 Å². The van der Waals surface area contributed by atoms with Gasteiger partial charge in [0.2, 0.25) is 5.95 Å². The fourth-order valence-corrected chi connectivity index (χ4v) is 0.918. The summed E-state index contributed by atoms with van der Waals surface area (Å²) in [5, 5.41) is 0. The zero-order chi connectivity index (χ0) is 8.97. The molecule has 1 aromatic rings. The molecule has 0 aliphatic carbocycles. The fourth-order valence-electron chi connectivity index (χ4n) is 0.918. The zero-order valence-electron chi connectivity index (χ0n) is 7.00. The Hall–Kier alpha value is -1.16. The molecule has 0 saturated heterocycles. The third-order valence-electron chi connectivity index (χ3n) is 1.56. The van der Waals surface area contributed by atoms with Crippen LogP contribution in [0.4, 0.5) is 10.2 Å². The van der Waals surface area contributed by atoms with Crippen molar-refractivity contribution in [1.82, 2.24) is 4.98 Å². The maximum Gasteiger partial charge on any atom is 0.214 e. The molecule has 2 N–H and O–H groups in total. The molecule has 0 spiro atoms. The molecular weight excluding hydrogens is 157 g/mol. The van der Waals surface area contributed by atoms with E-state index in [9.17, 15) is 4.39 Å². The highest BCUT2D eigenvalue weighted by Crippen LogP contribution is 2.07. The minimum Gasteiger partial charge on any atom is -0.358 e. The average molecular weight is 169 g/mol. The van der Waals surface area contributed by atoms with Gasteiger partial charge in [0, 0.05) is 20.1 Å². The molecule has 0 fully saturated rings. The second-order valence-corrected chi connectivity index (χ2v) is 2.53. The Bertz CT molecular complexity index is 252. The number of nitrogens with zero attached hydrogens (tertiary/aromatic N) is 2. The van der Waals surface area contributed by atoms with Gasteiger partial charge < -0.3 is 10.6 Å². The fraction of sp³-hybridized carbons (Fsp3) is 0.375. The first kappa shape index (κ1) is 8.93. The Morgan fingerprint density at radius 1 is 1.58 bits per heavy atom. The summed E-state index contributed by atoms with van der Waals surface area (Å²) in [7, 11) is 1.83. The Morgan fingerprint density at radius 3 is 2.92 bits per heavy atom. The smallest absolute Gasteiger partial charge is 0.214 e. The SMILES string of the molecule is CN(CCN)c1cccc(F)n1.